The van der Waals surface area contributed by atoms with E-state index in [-0.39, 0.29) is 30.6 Å². The molecule has 3 aromatic rings. The van der Waals surface area contributed by atoms with Crippen molar-refractivity contribution in [2.75, 3.05) is 6.61 Å². The number of halogens is 1. The molecule has 2 heterocycles. The van der Waals surface area contributed by atoms with Crippen molar-refractivity contribution in [1.29, 1.82) is 0 Å². The predicted molar refractivity (Wildman–Crippen MR) is 97.8 cm³/mol. The normalized spacial score (nSPS) is 19.3. The molecule has 1 N–H and O–H groups in total. The Morgan fingerprint density at radius 1 is 1.40 bits per heavy atom. The number of aromatic nitrogens is 2. The highest BCUT2D eigenvalue weighted by Gasteiger charge is 2.41. The third-order valence-corrected chi connectivity index (χ3v) is 5.72. The fourth-order valence-electron chi connectivity index (χ4n) is 3.12. The van der Waals surface area contributed by atoms with Crippen molar-refractivity contribution in [3.05, 3.63) is 62.0 Å². The van der Waals surface area contributed by atoms with Crippen LogP contribution >= 0.6 is 22.9 Å². The van der Waals surface area contributed by atoms with Crippen LogP contribution in [-0.4, -0.2) is 21.1 Å². The van der Waals surface area contributed by atoms with Gasteiger partial charge in [-0.15, -0.1) is 11.3 Å². The van der Waals surface area contributed by atoms with Crippen molar-refractivity contribution in [2.45, 2.75) is 25.9 Å². The maximum absolute atomic E-state index is 12.6. The molecule has 0 unspecified atom stereocenters. The van der Waals surface area contributed by atoms with Gasteiger partial charge in [-0.1, -0.05) is 11.6 Å². The van der Waals surface area contributed by atoms with E-state index in [4.69, 9.17) is 16.3 Å². The lowest BCUT2D eigenvalue weighted by Gasteiger charge is -2.06. The van der Waals surface area contributed by atoms with E-state index in [0.717, 1.165) is 17.0 Å². The third-order valence-electron chi connectivity index (χ3n) is 4.50. The summed E-state index contributed by atoms with van der Waals surface area (Å²) in [5.41, 5.74) is 1.51. The number of hydrogen-bond donors (Lipinski definition) is 1. The number of fused-ring (bicyclic) bond motifs is 1. The van der Waals surface area contributed by atoms with E-state index in [0.29, 0.717) is 21.4 Å². The second-order valence-electron chi connectivity index (χ2n) is 6.27. The van der Waals surface area contributed by atoms with Crippen LogP contribution in [0.25, 0.3) is 4.96 Å². The maximum atomic E-state index is 12.6. The van der Waals surface area contributed by atoms with Crippen LogP contribution in [0, 0.1) is 12.8 Å². The second-order valence-corrected chi connectivity index (χ2v) is 7.89. The quantitative estimate of drug-likeness (QED) is 0.741. The number of nitrogens with zero attached hydrogens (tertiary/aromatic N) is 2. The smallest absolute Gasteiger partial charge is 0.259 e. The molecular weight excluding hydrogens is 360 g/mol. The highest BCUT2D eigenvalue weighted by molar-refractivity contribution is 7.17. The van der Waals surface area contributed by atoms with Gasteiger partial charge in [0, 0.05) is 34.2 Å². The number of benzene rings is 1. The van der Waals surface area contributed by atoms with Crippen molar-refractivity contribution in [3.8, 4) is 5.75 Å². The van der Waals surface area contributed by atoms with Gasteiger partial charge in [0.05, 0.1) is 5.69 Å². The molecule has 1 aliphatic rings. The molecule has 2 aromatic heterocycles. The SMILES string of the molecule is Cc1sc2nc(COc3ccc(Cl)cc3)cc(=O)n2c1[C@@H]1C[C@H]1CO. The number of aliphatic hydroxyl groups is 1. The van der Waals surface area contributed by atoms with Gasteiger partial charge in [-0.2, -0.15) is 0 Å². The number of aliphatic hydroxyl groups excluding tert-OH is 1. The third kappa shape index (κ3) is 3.17. The minimum atomic E-state index is -0.0948. The van der Waals surface area contributed by atoms with Crippen LogP contribution in [0.5, 0.6) is 5.75 Å². The van der Waals surface area contributed by atoms with E-state index in [9.17, 15) is 9.90 Å². The molecule has 7 heteroatoms. The second kappa shape index (κ2) is 6.44. The zero-order chi connectivity index (χ0) is 17.6. The van der Waals surface area contributed by atoms with Crippen LogP contribution in [0.15, 0.2) is 35.1 Å². The Morgan fingerprint density at radius 2 is 2.16 bits per heavy atom. The van der Waals surface area contributed by atoms with E-state index in [2.05, 4.69) is 4.98 Å². The Labute approximate surface area is 153 Å². The van der Waals surface area contributed by atoms with Crippen LogP contribution < -0.4 is 10.3 Å². The number of thiazole rings is 1. The molecule has 4 rings (SSSR count). The van der Waals surface area contributed by atoms with Crippen LogP contribution in [0.1, 0.15) is 28.6 Å². The van der Waals surface area contributed by atoms with Crippen molar-refractivity contribution < 1.29 is 9.84 Å². The van der Waals surface area contributed by atoms with Crippen molar-refractivity contribution in [2.24, 2.45) is 5.92 Å². The Balaban J connectivity index is 1.62. The fraction of sp³-hybridized carbons (Fsp3) is 0.333. The Morgan fingerprint density at radius 3 is 2.84 bits per heavy atom. The van der Waals surface area contributed by atoms with Gasteiger partial charge in [-0.25, -0.2) is 4.98 Å². The van der Waals surface area contributed by atoms with Crippen LogP contribution in [0.2, 0.25) is 5.02 Å². The first-order chi connectivity index (χ1) is 12.1. The minimum absolute atomic E-state index is 0.0948. The molecule has 0 saturated heterocycles. The van der Waals surface area contributed by atoms with Crippen LogP contribution in [-0.2, 0) is 6.61 Å². The molecule has 0 amide bonds. The topological polar surface area (TPSA) is 63.8 Å². The molecule has 5 nitrogen and oxygen atoms in total. The molecular formula is C18H17ClN2O3S. The summed E-state index contributed by atoms with van der Waals surface area (Å²) in [5.74, 6) is 1.20. The van der Waals surface area contributed by atoms with Gasteiger partial charge in [0.25, 0.3) is 5.56 Å². The summed E-state index contributed by atoms with van der Waals surface area (Å²) in [6, 6.07) is 8.59. The number of rotatable bonds is 5. The fourth-order valence-corrected chi connectivity index (χ4v) is 4.31. The number of hydrogen-bond acceptors (Lipinski definition) is 5. The molecule has 1 saturated carbocycles. The van der Waals surface area contributed by atoms with Crippen LogP contribution in [0.4, 0.5) is 0 Å². The zero-order valence-electron chi connectivity index (χ0n) is 13.6. The van der Waals surface area contributed by atoms with E-state index in [1.165, 1.54) is 17.4 Å². The Hall–Kier alpha value is -1.89. The summed E-state index contributed by atoms with van der Waals surface area (Å²) in [4.78, 5) is 19.0. The number of aryl methyl sites for hydroxylation is 1. The molecule has 2 atom stereocenters. The van der Waals surface area contributed by atoms with E-state index < -0.39 is 0 Å². The van der Waals surface area contributed by atoms with Gasteiger partial charge < -0.3 is 9.84 Å². The summed E-state index contributed by atoms with van der Waals surface area (Å²) in [6.07, 6.45) is 0.928. The highest BCUT2D eigenvalue weighted by atomic mass is 35.5. The zero-order valence-corrected chi connectivity index (χ0v) is 15.2. The lowest BCUT2D eigenvalue weighted by atomic mass is 10.2. The first-order valence-electron chi connectivity index (χ1n) is 8.08. The van der Waals surface area contributed by atoms with Crippen molar-refractivity contribution in [1.82, 2.24) is 9.38 Å². The van der Waals surface area contributed by atoms with Gasteiger partial charge in [0.15, 0.2) is 4.96 Å². The lowest BCUT2D eigenvalue weighted by Crippen LogP contribution is -2.17. The van der Waals surface area contributed by atoms with E-state index >= 15 is 0 Å². The molecule has 0 radical (unpaired) electrons. The maximum Gasteiger partial charge on any atom is 0.259 e. The summed E-state index contributed by atoms with van der Waals surface area (Å²) in [5, 5.41) is 9.97. The first-order valence-corrected chi connectivity index (χ1v) is 9.27. The Kier molecular flexibility index (Phi) is 4.27. The molecule has 1 fully saturated rings. The van der Waals surface area contributed by atoms with Gasteiger partial charge in [-0.05, 0) is 43.5 Å². The van der Waals surface area contributed by atoms with E-state index in [1.54, 1.807) is 28.7 Å². The Bertz CT molecular complexity index is 980. The van der Waals surface area contributed by atoms with E-state index in [1.807, 2.05) is 6.92 Å². The van der Waals surface area contributed by atoms with Gasteiger partial charge in [0.2, 0.25) is 0 Å². The summed E-state index contributed by atoms with van der Waals surface area (Å²) in [7, 11) is 0. The molecule has 0 aliphatic heterocycles. The lowest BCUT2D eigenvalue weighted by molar-refractivity contribution is 0.273. The van der Waals surface area contributed by atoms with Crippen LogP contribution in [0.3, 0.4) is 0 Å². The van der Waals surface area contributed by atoms with Crippen molar-refractivity contribution >= 4 is 27.9 Å². The molecule has 130 valence electrons. The first kappa shape index (κ1) is 16.6. The van der Waals surface area contributed by atoms with Gasteiger partial charge >= 0.3 is 0 Å². The molecule has 1 aromatic carbocycles. The number of ether oxygens (including phenoxy) is 1. The largest absolute Gasteiger partial charge is 0.487 e. The standard InChI is InChI=1S/C18H17ClN2O3S/c1-10-17(15-6-11(15)8-22)21-16(23)7-13(20-18(21)25-10)9-24-14-4-2-12(19)3-5-14/h2-5,7,11,15,22H,6,8-9H2,1H3/t11-,15+/m0/s1. The summed E-state index contributed by atoms with van der Waals surface area (Å²) in [6.45, 7) is 2.39. The summed E-state index contributed by atoms with van der Waals surface area (Å²) >= 11 is 7.37. The average Bonchev–Trinajstić information content (AvgIpc) is 3.29. The monoisotopic (exact) mass is 376 g/mol. The van der Waals surface area contributed by atoms with Gasteiger partial charge in [-0.3, -0.25) is 9.20 Å². The molecule has 1 aliphatic carbocycles. The predicted octanol–water partition coefficient (Wildman–Crippen LogP) is 3.39. The average molecular weight is 377 g/mol. The molecule has 0 spiro atoms. The summed E-state index contributed by atoms with van der Waals surface area (Å²) < 4.78 is 7.37. The van der Waals surface area contributed by atoms with Crippen molar-refractivity contribution in [3.63, 3.8) is 0 Å². The minimum Gasteiger partial charge on any atom is -0.487 e. The molecule has 25 heavy (non-hydrogen) atoms. The molecule has 0 bridgehead atoms. The van der Waals surface area contributed by atoms with Gasteiger partial charge in [0.1, 0.15) is 12.4 Å². The highest BCUT2D eigenvalue weighted by Crippen LogP contribution is 2.49.